The number of nitrogens with zero attached hydrogens (tertiary/aromatic N) is 3. The largest absolute Gasteiger partial charge is 0.315 e. The quantitative estimate of drug-likeness (QED) is 0.793. The van der Waals surface area contributed by atoms with Crippen molar-refractivity contribution < 1.29 is 0 Å². The minimum absolute atomic E-state index is 0.572. The van der Waals surface area contributed by atoms with E-state index in [0.29, 0.717) is 6.04 Å². The lowest BCUT2D eigenvalue weighted by Crippen LogP contribution is -2.24. The zero-order chi connectivity index (χ0) is 12.3. The first kappa shape index (κ1) is 12.6. The fraction of sp³-hybridized carbons (Fsp3) is 0.846. The van der Waals surface area contributed by atoms with Crippen LogP contribution in [0.15, 0.2) is 0 Å². The zero-order valence-electron chi connectivity index (χ0n) is 11.2. The number of aryl methyl sites for hydroxylation is 1. The molecular weight excluding hydrogens is 212 g/mol. The molecule has 96 valence electrons. The number of rotatable bonds is 5. The maximum Gasteiger partial charge on any atom is 0.133 e. The summed E-state index contributed by atoms with van der Waals surface area (Å²) in [4.78, 5) is 0. The standard InChI is InChI=1S/C13H24N4/c1-10(2)14-7-4-5-12-15-16-13-9-11(3)6-8-17(12)13/h10-11,14H,4-9H2,1-3H3. The fourth-order valence-electron chi connectivity index (χ4n) is 2.37. The topological polar surface area (TPSA) is 42.7 Å². The molecule has 1 unspecified atom stereocenters. The molecule has 2 rings (SSSR count). The number of fused-ring (bicyclic) bond motifs is 1. The highest BCUT2D eigenvalue weighted by atomic mass is 15.3. The highest BCUT2D eigenvalue weighted by molar-refractivity contribution is 5.00. The van der Waals surface area contributed by atoms with Crippen molar-refractivity contribution in [2.24, 2.45) is 5.92 Å². The van der Waals surface area contributed by atoms with Gasteiger partial charge in [-0.2, -0.15) is 0 Å². The molecule has 0 aliphatic carbocycles. The van der Waals surface area contributed by atoms with Crippen molar-refractivity contribution >= 4 is 0 Å². The first-order chi connectivity index (χ1) is 8.16. The second kappa shape index (κ2) is 5.63. The van der Waals surface area contributed by atoms with Gasteiger partial charge in [0.15, 0.2) is 0 Å². The second-order valence-corrected chi connectivity index (χ2v) is 5.49. The van der Waals surface area contributed by atoms with Crippen LogP contribution in [0.4, 0.5) is 0 Å². The molecule has 1 N–H and O–H groups in total. The maximum atomic E-state index is 4.33. The van der Waals surface area contributed by atoms with Gasteiger partial charge in [-0.25, -0.2) is 0 Å². The van der Waals surface area contributed by atoms with E-state index in [-0.39, 0.29) is 0 Å². The van der Waals surface area contributed by atoms with E-state index >= 15 is 0 Å². The molecule has 0 saturated heterocycles. The summed E-state index contributed by atoms with van der Waals surface area (Å²) in [6, 6.07) is 0.572. The molecule has 17 heavy (non-hydrogen) atoms. The predicted octanol–water partition coefficient (Wildman–Crippen LogP) is 1.79. The molecule has 0 amide bonds. The normalized spacial score (nSPS) is 19.6. The molecule has 0 fully saturated rings. The van der Waals surface area contributed by atoms with Crippen LogP contribution in [-0.4, -0.2) is 27.4 Å². The van der Waals surface area contributed by atoms with Crippen molar-refractivity contribution in [3.05, 3.63) is 11.6 Å². The van der Waals surface area contributed by atoms with Gasteiger partial charge >= 0.3 is 0 Å². The van der Waals surface area contributed by atoms with Gasteiger partial charge in [0, 0.05) is 25.4 Å². The SMILES string of the molecule is CC1CCn2c(CCCNC(C)C)nnc2C1. The van der Waals surface area contributed by atoms with Crippen molar-refractivity contribution in [3.63, 3.8) is 0 Å². The summed E-state index contributed by atoms with van der Waals surface area (Å²) in [5.41, 5.74) is 0. The smallest absolute Gasteiger partial charge is 0.133 e. The molecule has 1 aliphatic heterocycles. The van der Waals surface area contributed by atoms with Crippen LogP contribution in [-0.2, 0) is 19.4 Å². The predicted molar refractivity (Wildman–Crippen MR) is 69.0 cm³/mol. The van der Waals surface area contributed by atoms with E-state index in [1.54, 1.807) is 0 Å². The molecular formula is C13H24N4. The summed E-state index contributed by atoms with van der Waals surface area (Å²) < 4.78 is 2.33. The summed E-state index contributed by atoms with van der Waals surface area (Å²) in [5.74, 6) is 3.13. The Morgan fingerprint density at radius 3 is 3.00 bits per heavy atom. The fourth-order valence-corrected chi connectivity index (χ4v) is 2.37. The summed E-state index contributed by atoms with van der Waals surface area (Å²) >= 11 is 0. The number of hydrogen-bond donors (Lipinski definition) is 1. The average molecular weight is 236 g/mol. The average Bonchev–Trinajstić information content (AvgIpc) is 2.66. The van der Waals surface area contributed by atoms with Crippen molar-refractivity contribution in [3.8, 4) is 0 Å². The van der Waals surface area contributed by atoms with Crippen LogP contribution in [0, 0.1) is 5.92 Å². The molecule has 0 saturated carbocycles. The minimum atomic E-state index is 0.572. The van der Waals surface area contributed by atoms with Crippen LogP contribution in [0.25, 0.3) is 0 Å². The van der Waals surface area contributed by atoms with Crippen molar-refractivity contribution in [2.75, 3.05) is 6.54 Å². The van der Waals surface area contributed by atoms with Gasteiger partial charge in [0.1, 0.15) is 11.6 Å². The van der Waals surface area contributed by atoms with Gasteiger partial charge in [-0.1, -0.05) is 20.8 Å². The van der Waals surface area contributed by atoms with Crippen LogP contribution >= 0.6 is 0 Å². The lowest BCUT2D eigenvalue weighted by atomic mass is 10.0. The van der Waals surface area contributed by atoms with Crippen LogP contribution in [0.1, 0.15) is 45.3 Å². The molecule has 0 aromatic carbocycles. The van der Waals surface area contributed by atoms with Crippen molar-refractivity contribution in [1.29, 1.82) is 0 Å². The van der Waals surface area contributed by atoms with E-state index < -0.39 is 0 Å². The summed E-state index contributed by atoms with van der Waals surface area (Å²) in [6.07, 6.45) is 4.55. The van der Waals surface area contributed by atoms with Crippen molar-refractivity contribution in [2.45, 2.75) is 59.0 Å². The Labute approximate surface area is 104 Å². The Morgan fingerprint density at radius 2 is 2.24 bits per heavy atom. The van der Waals surface area contributed by atoms with E-state index in [9.17, 15) is 0 Å². The molecule has 1 aliphatic rings. The molecule has 0 spiro atoms. The Bertz CT molecular complexity index is 356. The molecule has 4 nitrogen and oxygen atoms in total. The summed E-state index contributed by atoms with van der Waals surface area (Å²) in [6.45, 7) is 8.83. The summed E-state index contributed by atoms with van der Waals surface area (Å²) in [7, 11) is 0. The summed E-state index contributed by atoms with van der Waals surface area (Å²) in [5, 5.41) is 12.1. The minimum Gasteiger partial charge on any atom is -0.315 e. The van der Waals surface area contributed by atoms with Gasteiger partial charge in [-0.15, -0.1) is 10.2 Å². The van der Waals surface area contributed by atoms with Gasteiger partial charge in [-0.3, -0.25) is 0 Å². The second-order valence-electron chi connectivity index (χ2n) is 5.49. The van der Waals surface area contributed by atoms with Gasteiger partial charge in [-0.05, 0) is 25.3 Å². The van der Waals surface area contributed by atoms with E-state index in [4.69, 9.17) is 0 Å². The van der Waals surface area contributed by atoms with Crippen LogP contribution in [0.5, 0.6) is 0 Å². The van der Waals surface area contributed by atoms with Gasteiger partial charge in [0.2, 0.25) is 0 Å². The zero-order valence-corrected chi connectivity index (χ0v) is 11.2. The molecule has 1 aromatic rings. The third kappa shape index (κ3) is 3.28. The van der Waals surface area contributed by atoms with E-state index in [1.165, 1.54) is 18.1 Å². The lowest BCUT2D eigenvalue weighted by molar-refractivity contribution is 0.401. The molecule has 1 aromatic heterocycles. The highest BCUT2D eigenvalue weighted by Crippen LogP contribution is 2.19. The Kier molecular flexibility index (Phi) is 4.15. The number of aromatic nitrogens is 3. The molecule has 0 radical (unpaired) electrons. The van der Waals surface area contributed by atoms with Crippen molar-refractivity contribution in [1.82, 2.24) is 20.1 Å². The van der Waals surface area contributed by atoms with Crippen LogP contribution in [0.3, 0.4) is 0 Å². The van der Waals surface area contributed by atoms with Crippen LogP contribution in [0.2, 0.25) is 0 Å². The third-order valence-electron chi connectivity index (χ3n) is 3.41. The Balaban J connectivity index is 1.85. The van der Waals surface area contributed by atoms with E-state index in [2.05, 4.69) is 40.9 Å². The Hall–Kier alpha value is -0.900. The van der Waals surface area contributed by atoms with Crippen LogP contribution < -0.4 is 5.32 Å². The first-order valence-corrected chi connectivity index (χ1v) is 6.81. The Morgan fingerprint density at radius 1 is 1.41 bits per heavy atom. The monoisotopic (exact) mass is 236 g/mol. The molecule has 0 bridgehead atoms. The lowest BCUT2D eigenvalue weighted by Gasteiger charge is -2.20. The van der Waals surface area contributed by atoms with Gasteiger partial charge in [0.05, 0.1) is 0 Å². The van der Waals surface area contributed by atoms with Gasteiger partial charge < -0.3 is 9.88 Å². The highest BCUT2D eigenvalue weighted by Gasteiger charge is 2.19. The van der Waals surface area contributed by atoms with E-state index in [0.717, 1.165) is 38.3 Å². The van der Waals surface area contributed by atoms with E-state index in [1.807, 2.05) is 0 Å². The van der Waals surface area contributed by atoms with Gasteiger partial charge in [0.25, 0.3) is 0 Å². The molecule has 2 heterocycles. The third-order valence-corrected chi connectivity index (χ3v) is 3.41. The number of hydrogen-bond acceptors (Lipinski definition) is 3. The molecule has 4 heteroatoms. The number of nitrogens with one attached hydrogen (secondary N) is 1. The first-order valence-electron chi connectivity index (χ1n) is 6.81. The molecule has 1 atom stereocenters. The maximum absolute atomic E-state index is 4.33.